The van der Waals surface area contributed by atoms with E-state index in [9.17, 15) is 8.42 Å². The molecule has 1 aliphatic rings. The molecule has 0 aromatic heterocycles. The van der Waals surface area contributed by atoms with Crippen LogP contribution in [0.15, 0.2) is 0 Å². The molecule has 0 spiro atoms. The third kappa shape index (κ3) is 4.06. The fraction of sp³-hybridized carbons (Fsp3) is 1.00. The van der Waals surface area contributed by atoms with Gasteiger partial charge in [-0.05, 0) is 26.3 Å². The van der Waals surface area contributed by atoms with Crippen LogP contribution in [-0.4, -0.2) is 33.3 Å². The molecular weight excluding hydrogens is 188 g/mol. The molecular formula is C8H18N2O2S. The molecule has 2 N–H and O–H groups in total. The number of rotatable bonds is 3. The van der Waals surface area contributed by atoms with E-state index in [1.807, 2.05) is 6.92 Å². The van der Waals surface area contributed by atoms with Crippen molar-refractivity contribution in [3.05, 3.63) is 0 Å². The summed E-state index contributed by atoms with van der Waals surface area (Å²) in [4.78, 5) is 0. The molecule has 1 aliphatic heterocycles. The molecule has 1 fully saturated rings. The van der Waals surface area contributed by atoms with E-state index in [0.29, 0.717) is 6.04 Å². The first kappa shape index (κ1) is 10.9. The van der Waals surface area contributed by atoms with Gasteiger partial charge in [0.1, 0.15) is 0 Å². The molecule has 0 bridgehead atoms. The first-order valence-electron chi connectivity index (χ1n) is 4.70. The number of sulfonamides is 1. The molecule has 0 aromatic carbocycles. The van der Waals surface area contributed by atoms with E-state index in [0.717, 1.165) is 13.0 Å². The predicted octanol–water partition coefficient (Wildman–Crippen LogP) is 0.0662. The Morgan fingerprint density at radius 2 is 2.15 bits per heavy atom. The molecule has 0 saturated carbocycles. The van der Waals surface area contributed by atoms with Gasteiger partial charge in [0.2, 0.25) is 10.0 Å². The predicted molar refractivity (Wildman–Crippen MR) is 53.1 cm³/mol. The van der Waals surface area contributed by atoms with Crippen molar-refractivity contribution >= 4 is 10.0 Å². The Bertz CT molecular complexity index is 245. The van der Waals surface area contributed by atoms with Crippen LogP contribution in [0.5, 0.6) is 0 Å². The van der Waals surface area contributed by atoms with Crippen molar-refractivity contribution in [1.29, 1.82) is 0 Å². The molecule has 4 nitrogen and oxygen atoms in total. The highest BCUT2D eigenvalue weighted by Crippen LogP contribution is 2.10. The molecule has 1 saturated heterocycles. The van der Waals surface area contributed by atoms with Crippen molar-refractivity contribution in [2.75, 3.05) is 12.8 Å². The Hall–Kier alpha value is -0.130. The zero-order chi connectivity index (χ0) is 9.90. The van der Waals surface area contributed by atoms with E-state index < -0.39 is 10.0 Å². The minimum absolute atomic E-state index is 0.00435. The number of hydrogen-bond acceptors (Lipinski definition) is 3. The molecule has 2 unspecified atom stereocenters. The Kier molecular flexibility index (Phi) is 3.70. The van der Waals surface area contributed by atoms with E-state index in [-0.39, 0.29) is 6.04 Å². The Labute approximate surface area is 80.1 Å². The van der Waals surface area contributed by atoms with E-state index in [1.54, 1.807) is 0 Å². The number of nitrogens with one attached hydrogen (secondary N) is 2. The second kappa shape index (κ2) is 4.39. The molecule has 0 aliphatic carbocycles. The monoisotopic (exact) mass is 206 g/mol. The molecule has 78 valence electrons. The lowest BCUT2D eigenvalue weighted by molar-refractivity contribution is 0.347. The number of piperidine rings is 1. The van der Waals surface area contributed by atoms with Crippen LogP contribution in [0.3, 0.4) is 0 Å². The normalized spacial score (nSPS) is 27.1. The largest absolute Gasteiger partial charge is 0.312 e. The van der Waals surface area contributed by atoms with Crippen LogP contribution in [0.2, 0.25) is 0 Å². The smallest absolute Gasteiger partial charge is 0.208 e. The molecule has 2 atom stereocenters. The van der Waals surface area contributed by atoms with E-state index in [1.165, 1.54) is 19.1 Å². The van der Waals surface area contributed by atoms with Gasteiger partial charge in [-0.2, -0.15) is 0 Å². The highest BCUT2D eigenvalue weighted by molar-refractivity contribution is 7.88. The molecule has 0 radical (unpaired) electrons. The fourth-order valence-electron chi connectivity index (χ4n) is 1.73. The van der Waals surface area contributed by atoms with Crippen molar-refractivity contribution in [2.24, 2.45) is 0 Å². The van der Waals surface area contributed by atoms with Gasteiger partial charge in [-0.25, -0.2) is 13.1 Å². The second-order valence-electron chi connectivity index (χ2n) is 3.74. The molecule has 0 amide bonds. The first-order valence-corrected chi connectivity index (χ1v) is 6.59. The van der Waals surface area contributed by atoms with E-state index >= 15 is 0 Å². The average molecular weight is 206 g/mol. The summed E-state index contributed by atoms with van der Waals surface area (Å²) in [5.41, 5.74) is 0. The molecule has 13 heavy (non-hydrogen) atoms. The van der Waals surface area contributed by atoms with Gasteiger partial charge in [0.05, 0.1) is 6.26 Å². The SMILES string of the molecule is CC(NS(C)(=O)=O)C1CCCCN1. The van der Waals surface area contributed by atoms with Gasteiger partial charge >= 0.3 is 0 Å². The summed E-state index contributed by atoms with van der Waals surface area (Å²) < 4.78 is 24.5. The van der Waals surface area contributed by atoms with E-state index in [2.05, 4.69) is 10.0 Å². The van der Waals surface area contributed by atoms with Gasteiger partial charge in [0.15, 0.2) is 0 Å². The van der Waals surface area contributed by atoms with Gasteiger partial charge in [0.25, 0.3) is 0 Å². The van der Waals surface area contributed by atoms with Gasteiger partial charge < -0.3 is 5.32 Å². The molecule has 5 heteroatoms. The highest BCUT2D eigenvalue weighted by Gasteiger charge is 2.21. The standard InChI is InChI=1S/C8H18N2O2S/c1-7(10-13(2,11)12)8-5-3-4-6-9-8/h7-10H,3-6H2,1-2H3. The minimum Gasteiger partial charge on any atom is -0.312 e. The van der Waals surface area contributed by atoms with Crippen molar-refractivity contribution in [1.82, 2.24) is 10.0 Å². The van der Waals surface area contributed by atoms with Crippen LogP contribution in [0.1, 0.15) is 26.2 Å². The second-order valence-corrected chi connectivity index (χ2v) is 5.52. The lowest BCUT2D eigenvalue weighted by atomic mass is 10.00. The average Bonchev–Trinajstić information content (AvgIpc) is 2.03. The third-order valence-electron chi connectivity index (χ3n) is 2.35. The van der Waals surface area contributed by atoms with Crippen LogP contribution in [0.4, 0.5) is 0 Å². The molecule has 0 aromatic rings. The zero-order valence-corrected chi connectivity index (χ0v) is 9.02. The van der Waals surface area contributed by atoms with Crippen molar-refractivity contribution in [3.63, 3.8) is 0 Å². The quantitative estimate of drug-likeness (QED) is 0.687. The van der Waals surface area contributed by atoms with Crippen molar-refractivity contribution < 1.29 is 8.42 Å². The summed E-state index contributed by atoms with van der Waals surface area (Å²) in [5, 5.41) is 3.31. The molecule has 1 heterocycles. The summed E-state index contributed by atoms with van der Waals surface area (Å²) in [6.45, 7) is 2.91. The lowest BCUT2D eigenvalue weighted by Gasteiger charge is -2.28. The van der Waals surface area contributed by atoms with Crippen LogP contribution in [-0.2, 0) is 10.0 Å². The lowest BCUT2D eigenvalue weighted by Crippen LogP contribution is -2.49. The summed E-state index contributed by atoms with van der Waals surface area (Å²) >= 11 is 0. The van der Waals surface area contributed by atoms with Gasteiger partial charge in [0, 0.05) is 12.1 Å². The van der Waals surface area contributed by atoms with E-state index in [4.69, 9.17) is 0 Å². The van der Waals surface area contributed by atoms with Crippen LogP contribution >= 0.6 is 0 Å². The number of hydrogen-bond donors (Lipinski definition) is 2. The minimum atomic E-state index is -3.06. The Morgan fingerprint density at radius 3 is 2.62 bits per heavy atom. The van der Waals surface area contributed by atoms with Crippen LogP contribution in [0.25, 0.3) is 0 Å². The maximum atomic E-state index is 10.9. The van der Waals surface area contributed by atoms with Gasteiger partial charge in [-0.15, -0.1) is 0 Å². The topological polar surface area (TPSA) is 58.2 Å². The summed E-state index contributed by atoms with van der Waals surface area (Å²) in [5.74, 6) is 0. The maximum absolute atomic E-state index is 10.9. The first-order chi connectivity index (χ1) is 5.99. The molecule has 1 rings (SSSR count). The van der Waals surface area contributed by atoms with Crippen LogP contribution in [0, 0.1) is 0 Å². The zero-order valence-electron chi connectivity index (χ0n) is 8.21. The summed E-state index contributed by atoms with van der Waals surface area (Å²) in [6.07, 6.45) is 4.64. The van der Waals surface area contributed by atoms with Gasteiger partial charge in [-0.3, -0.25) is 0 Å². The summed E-state index contributed by atoms with van der Waals surface area (Å²) in [7, 11) is -3.06. The van der Waals surface area contributed by atoms with Crippen molar-refractivity contribution in [2.45, 2.75) is 38.3 Å². The Morgan fingerprint density at radius 1 is 1.46 bits per heavy atom. The summed E-state index contributed by atoms with van der Waals surface area (Å²) in [6, 6.07) is 0.291. The highest BCUT2D eigenvalue weighted by atomic mass is 32.2. The van der Waals surface area contributed by atoms with Gasteiger partial charge in [-0.1, -0.05) is 6.42 Å². The van der Waals surface area contributed by atoms with Crippen molar-refractivity contribution in [3.8, 4) is 0 Å². The van der Waals surface area contributed by atoms with Crippen LogP contribution < -0.4 is 10.0 Å². The fourth-order valence-corrected chi connectivity index (χ4v) is 2.56. The third-order valence-corrected chi connectivity index (χ3v) is 3.15. The Balaban J connectivity index is 2.42. The maximum Gasteiger partial charge on any atom is 0.208 e.